The van der Waals surface area contributed by atoms with E-state index in [-0.39, 0.29) is 11.7 Å². The number of nitrogens with zero attached hydrogens (tertiary/aromatic N) is 1. The number of carbonyl (C=O) groups excluding carboxylic acids is 1. The molecule has 0 atom stereocenters. The molecule has 1 aliphatic carbocycles. The van der Waals surface area contributed by atoms with Gasteiger partial charge in [-0.15, -0.1) is 11.3 Å². The van der Waals surface area contributed by atoms with Gasteiger partial charge in [-0.25, -0.2) is 4.99 Å². The largest absolute Gasteiger partial charge is 0.508 e. The Hall–Kier alpha value is -2.63. The van der Waals surface area contributed by atoms with Crippen LogP contribution in [-0.4, -0.2) is 17.2 Å². The second-order valence-electron chi connectivity index (χ2n) is 6.70. The zero-order valence-electron chi connectivity index (χ0n) is 15.1. The number of fused-ring (bicyclic) bond motifs is 1. The summed E-state index contributed by atoms with van der Waals surface area (Å²) in [5.41, 5.74) is 3.37. The number of nitrogens with one attached hydrogen (secondary N) is 1. The first kappa shape index (κ1) is 18.7. The number of rotatable bonds is 4. The Morgan fingerprint density at radius 2 is 1.79 bits per heavy atom. The van der Waals surface area contributed by atoms with Gasteiger partial charge in [-0.2, -0.15) is 0 Å². The minimum absolute atomic E-state index is 0.139. The van der Waals surface area contributed by atoms with E-state index >= 15 is 0 Å². The minimum atomic E-state index is -0.139. The molecule has 6 heteroatoms. The lowest BCUT2D eigenvalue weighted by Crippen LogP contribution is -2.14. The third-order valence-corrected chi connectivity index (χ3v) is 6.16. The highest BCUT2D eigenvalue weighted by atomic mass is 35.5. The molecule has 28 heavy (non-hydrogen) atoms. The SMILES string of the molecule is O=C(Nc1ccc(Cl)cc1)c1c(/N=C/c2ccc(O)cc2)sc2c1CCCC2. The van der Waals surface area contributed by atoms with Gasteiger partial charge in [0.2, 0.25) is 0 Å². The van der Waals surface area contributed by atoms with Crippen LogP contribution in [0.5, 0.6) is 5.75 Å². The first-order chi connectivity index (χ1) is 13.6. The van der Waals surface area contributed by atoms with Gasteiger partial charge < -0.3 is 10.4 Å². The molecule has 0 fully saturated rings. The van der Waals surface area contributed by atoms with Crippen LogP contribution in [-0.2, 0) is 12.8 Å². The van der Waals surface area contributed by atoms with E-state index < -0.39 is 0 Å². The van der Waals surface area contributed by atoms with Gasteiger partial charge in [0.05, 0.1) is 5.56 Å². The van der Waals surface area contributed by atoms with Gasteiger partial charge in [-0.05, 0) is 85.3 Å². The molecule has 0 saturated heterocycles. The highest BCUT2D eigenvalue weighted by molar-refractivity contribution is 7.16. The number of hydrogen-bond acceptors (Lipinski definition) is 4. The number of phenols is 1. The lowest BCUT2D eigenvalue weighted by molar-refractivity contribution is 0.102. The molecule has 3 aromatic rings. The third-order valence-electron chi connectivity index (χ3n) is 4.71. The van der Waals surface area contributed by atoms with E-state index in [2.05, 4.69) is 10.3 Å². The van der Waals surface area contributed by atoms with Crippen molar-refractivity contribution in [2.45, 2.75) is 25.7 Å². The number of thiophene rings is 1. The summed E-state index contributed by atoms with van der Waals surface area (Å²) in [5.74, 6) is 0.0753. The number of amides is 1. The fourth-order valence-electron chi connectivity index (χ4n) is 3.30. The highest BCUT2D eigenvalue weighted by Crippen LogP contribution is 2.40. The maximum absolute atomic E-state index is 13.1. The first-order valence-electron chi connectivity index (χ1n) is 9.15. The Balaban J connectivity index is 1.66. The van der Waals surface area contributed by atoms with Gasteiger partial charge in [-0.3, -0.25) is 4.79 Å². The Morgan fingerprint density at radius 3 is 2.54 bits per heavy atom. The van der Waals surface area contributed by atoms with Crippen molar-refractivity contribution < 1.29 is 9.90 Å². The highest BCUT2D eigenvalue weighted by Gasteiger charge is 2.25. The van der Waals surface area contributed by atoms with Crippen LogP contribution in [0.25, 0.3) is 0 Å². The number of phenolic OH excluding ortho intramolecular Hbond substituents is 1. The van der Waals surface area contributed by atoms with Crippen molar-refractivity contribution in [3.63, 3.8) is 0 Å². The van der Waals surface area contributed by atoms with Gasteiger partial charge in [0.1, 0.15) is 10.8 Å². The van der Waals surface area contributed by atoms with Crippen molar-refractivity contribution >= 4 is 45.7 Å². The van der Waals surface area contributed by atoms with Crippen LogP contribution in [0.3, 0.4) is 0 Å². The van der Waals surface area contributed by atoms with E-state index in [1.54, 1.807) is 66.1 Å². The van der Waals surface area contributed by atoms with E-state index in [1.807, 2.05) is 0 Å². The maximum Gasteiger partial charge on any atom is 0.259 e. The normalized spacial score (nSPS) is 13.5. The average Bonchev–Trinajstić information content (AvgIpc) is 3.08. The summed E-state index contributed by atoms with van der Waals surface area (Å²) >= 11 is 7.53. The van der Waals surface area contributed by atoms with Crippen LogP contribution in [0.2, 0.25) is 5.02 Å². The molecule has 0 saturated carbocycles. The summed E-state index contributed by atoms with van der Waals surface area (Å²) in [4.78, 5) is 18.9. The second kappa shape index (κ2) is 8.17. The molecule has 0 radical (unpaired) electrons. The zero-order chi connectivity index (χ0) is 19.5. The molecule has 0 bridgehead atoms. The standard InChI is InChI=1S/C22H19ClN2O2S/c23-15-7-9-16(10-8-15)25-21(27)20-18-3-1-2-4-19(18)28-22(20)24-13-14-5-11-17(26)12-6-14/h5-13,26H,1-4H2,(H,25,27)/b24-13+. The summed E-state index contributed by atoms with van der Waals surface area (Å²) in [5, 5.41) is 13.8. The second-order valence-corrected chi connectivity index (χ2v) is 8.22. The Labute approximate surface area is 172 Å². The quantitative estimate of drug-likeness (QED) is 0.519. The van der Waals surface area contributed by atoms with Crippen LogP contribution in [0.1, 0.15) is 39.2 Å². The Kier molecular flexibility index (Phi) is 5.46. The van der Waals surface area contributed by atoms with E-state index in [0.717, 1.165) is 41.8 Å². The molecule has 4 rings (SSSR count). The van der Waals surface area contributed by atoms with Crippen molar-refractivity contribution in [2.24, 2.45) is 4.99 Å². The van der Waals surface area contributed by atoms with Crippen molar-refractivity contribution in [3.8, 4) is 5.75 Å². The number of benzene rings is 2. The molecular weight excluding hydrogens is 392 g/mol. The van der Waals surface area contributed by atoms with Crippen LogP contribution in [0.4, 0.5) is 10.7 Å². The van der Waals surface area contributed by atoms with Gasteiger partial charge in [0, 0.05) is 21.8 Å². The van der Waals surface area contributed by atoms with Crippen LogP contribution >= 0.6 is 22.9 Å². The van der Waals surface area contributed by atoms with E-state index in [4.69, 9.17) is 11.6 Å². The molecule has 1 amide bonds. The lowest BCUT2D eigenvalue weighted by Gasteiger charge is -2.12. The predicted octanol–water partition coefficient (Wildman–Crippen LogP) is 5.99. The van der Waals surface area contributed by atoms with E-state index in [1.165, 1.54) is 4.88 Å². The molecular formula is C22H19ClN2O2S. The summed E-state index contributed by atoms with van der Waals surface area (Å²) in [6.07, 6.45) is 5.87. The van der Waals surface area contributed by atoms with E-state index in [0.29, 0.717) is 16.3 Å². The van der Waals surface area contributed by atoms with Gasteiger partial charge in [0.15, 0.2) is 0 Å². The molecule has 142 valence electrons. The van der Waals surface area contributed by atoms with Crippen molar-refractivity contribution in [1.29, 1.82) is 0 Å². The Bertz CT molecular complexity index is 1020. The number of carbonyl (C=O) groups is 1. The fourth-order valence-corrected chi connectivity index (χ4v) is 4.65. The number of halogens is 1. The van der Waals surface area contributed by atoms with Crippen molar-refractivity contribution in [3.05, 3.63) is 75.1 Å². The molecule has 4 nitrogen and oxygen atoms in total. The Morgan fingerprint density at radius 1 is 1.07 bits per heavy atom. The molecule has 0 aliphatic heterocycles. The summed E-state index contributed by atoms with van der Waals surface area (Å²) < 4.78 is 0. The smallest absolute Gasteiger partial charge is 0.259 e. The summed E-state index contributed by atoms with van der Waals surface area (Å²) in [6.45, 7) is 0. The minimum Gasteiger partial charge on any atom is -0.508 e. The van der Waals surface area contributed by atoms with Crippen LogP contribution in [0.15, 0.2) is 53.5 Å². The van der Waals surface area contributed by atoms with Gasteiger partial charge >= 0.3 is 0 Å². The molecule has 1 heterocycles. The fraction of sp³-hybridized carbons (Fsp3) is 0.182. The van der Waals surface area contributed by atoms with Gasteiger partial charge in [-0.1, -0.05) is 11.6 Å². The van der Waals surface area contributed by atoms with Crippen LogP contribution < -0.4 is 5.32 Å². The summed E-state index contributed by atoms with van der Waals surface area (Å²) in [6, 6.07) is 13.9. The van der Waals surface area contributed by atoms with Crippen molar-refractivity contribution in [1.82, 2.24) is 0 Å². The topological polar surface area (TPSA) is 61.7 Å². The predicted molar refractivity (Wildman–Crippen MR) is 116 cm³/mol. The molecule has 2 N–H and O–H groups in total. The lowest BCUT2D eigenvalue weighted by atomic mass is 9.95. The number of aromatic hydroxyl groups is 1. The van der Waals surface area contributed by atoms with E-state index in [9.17, 15) is 9.90 Å². The molecule has 2 aromatic carbocycles. The average molecular weight is 411 g/mol. The molecule has 1 aromatic heterocycles. The maximum atomic E-state index is 13.1. The third kappa shape index (κ3) is 4.11. The summed E-state index contributed by atoms with van der Waals surface area (Å²) in [7, 11) is 0. The molecule has 0 unspecified atom stereocenters. The molecule has 1 aliphatic rings. The number of hydrogen-bond donors (Lipinski definition) is 2. The first-order valence-corrected chi connectivity index (χ1v) is 10.3. The zero-order valence-corrected chi connectivity index (χ0v) is 16.7. The number of aliphatic imine (C=N–C) groups is 1. The number of aryl methyl sites for hydroxylation is 1. The van der Waals surface area contributed by atoms with Crippen molar-refractivity contribution in [2.75, 3.05) is 5.32 Å². The molecule has 0 spiro atoms. The van der Waals surface area contributed by atoms with Gasteiger partial charge in [0.25, 0.3) is 5.91 Å². The number of anilines is 1. The van der Waals surface area contributed by atoms with Crippen LogP contribution in [0, 0.1) is 0 Å². The monoisotopic (exact) mass is 410 g/mol.